The maximum atomic E-state index is 5.46. The molecule has 0 unspecified atom stereocenters. The summed E-state index contributed by atoms with van der Waals surface area (Å²) in [5, 5.41) is 7.36. The number of nitrogens with zero attached hydrogens (tertiary/aromatic N) is 1. The van der Waals surface area contributed by atoms with Gasteiger partial charge in [0, 0.05) is 31.0 Å². The van der Waals surface area contributed by atoms with Crippen LogP contribution in [0.15, 0.2) is 42.5 Å². The van der Waals surface area contributed by atoms with Crippen molar-refractivity contribution in [3.05, 3.63) is 53.6 Å². The fourth-order valence-corrected chi connectivity index (χ4v) is 3.69. The lowest BCUT2D eigenvalue weighted by Crippen LogP contribution is -2.34. The van der Waals surface area contributed by atoms with E-state index in [1.54, 1.807) is 7.11 Å². The number of anilines is 2. The fourth-order valence-electron chi connectivity index (χ4n) is 3.49. The first-order valence-corrected chi connectivity index (χ1v) is 9.46. The van der Waals surface area contributed by atoms with Gasteiger partial charge in [0.15, 0.2) is 5.11 Å². The number of nitrogens with one attached hydrogen (secondary N) is 2. The normalized spacial score (nSPS) is 16.4. The second kappa shape index (κ2) is 8.41. The van der Waals surface area contributed by atoms with Gasteiger partial charge < -0.3 is 20.3 Å². The van der Waals surface area contributed by atoms with Crippen molar-refractivity contribution in [3.63, 3.8) is 0 Å². The number of hydrogen-bond donors (Lipinski definition) is 2. The number of hydrogen-bond acceptors (Lipinski definition) is 3. The Bertz CT molecular complexity index is 740. The van der Waals surface area contributed by atoms with E-state index < -0.39 is 0 Å². The Labute approximate surface area is 161 Å². The molecule has 2 aromatic carbocycles. The van der Waals surface area contributed by atoms with Crippen LogP contribution < -0.4 is 20.3 Å². The second-order valence-corrected chi connectivity index (χ2v) is 7.42. The van der Waals surface area contributed by atoms with Crippen molar-refractivity contribution >= 4 is 28.7 Å². The predicted molar refractivity (Wildman–Crippen MR) is 113 cm³/mol. The van der Waals surface area contributed by atoms with Crippen molar-refractivity contribution in [2.45, 2.75) is 20.3 Å². The quantitative estimate of drug-likeness (QED) is 0.775. The molecule has 2 N–H and O–H groups in total. The minimum atomic E-state index is 0.594. The third-order valence-electron chi connectivity index (χ3n) is 4.75. The van der Waals surface area contributed by atoms with E-state index in [1.807, 2.05) is 12.1 Å². The highest BCUT2D eigenvalue weighted by Crippen LogP contribution is 2.25. The monoisotopic (exact) mass is 369 g/mol. The molecule has 3 rings (SSSR count). The molecule has 1 heterocycles. The van der Waals surface area contributed by atoms with Crippen molar-refractivity contribution in [2.75, 3.05) is 37.0 Å². The van der Waals surface area contributed by atoms with E-state index >= 15 is 0 Å². The van der Waals surface area contributed by atoms with Crippen LogP contribution >= 0.6 is 12.2 Å². The zero-order valence-corrected chi connectivity index (χ0v) is 16.5. The number of thiocarbonyl (C=S) groups is 1. The van der Waals surface area contributed by atoms with Crippen LogP contribution in [-0.2, 0) is 0 Å². The minimum Gasteiger partial charge on any atom is -0.497 e. The molecule has 1 aliphatic heterocycles. The summed E-state index contributed by atoms with van der Waals surface area (Å²) in [5.41, 5.74) is 4.78. The van der Waals surface area contributed by atoms with Crippen molar-refractivity contribution in [3.8, 4) is 5.75 Å². The molecule has 0 aliphatic carbocycles. The van der Waals surface area contributed by atoms with Crippen LogP contribution in [0.4, 0.5) is 11.4 Å². The van der Waals surface area contributed by atoms with Crippen molar-refractivity contribution < 1.29 is 4.74 Å². The van der Waals surface area contributed by atoms with Gasteiger partial charge >= 0.3 is 0 Å². The first kappa shape index (κ1) is 18.5. The Morgan fingerprint density at radius 1 is 1.15 bits per heavy atom. The van der Waals surface area contributed by atoms with Crippen LogP contribution in [0, 0.1) is 19.8 Å². The summed E-state index contributed by atoms with van der Waals surface area (Å²) in [6.45, 7) is 7.21. The highest BCUT2D eigenvalue weighted by molar-refractivity contribution is 7.80. The first-order valence-electron chi connectivity index (χ1n) is 9.05. The van der Waals surface area contributed by atoms with Crippen molar-refractivity contribution in [2.24, 2.45) is 5.92 Å². The summed E-state index contributed by atoms with van der Waals surface area (Å²) in [6.07, 6.45) is 1.17. The van der Waals surface area contributed by atoms with Crippen LogP contribution in [0.2, 0.25) is 0 Å². The lowest BCUT2D eigenvalue weighted by molar-refractivity contribution is 0.415. The molecule has 26 heavy (non-hydrogen) atoms. The summed E-state index contributed by atoms with van der Waals surface area (Å²) in [7, 11) is 1.70. The van der Waals surface area contributed by atoms with Gasteiger partial charge in [0.2, 0.25) is 0 Å². The number of aryl methyl sites for hydroxylation is 2. The average Bonchev–Trinajstić information content (AvgIpc) is 3.08. The SMILES string of the molecule is COc1ccc(N2CC[C@H](CNC(=S)Nc3cc(C)cc(C)c3)C2)cc1. The molecule has 0 amide bonds. The summed E-state index contributed by atoms with van der Waals surface area (Å²) in [5.74, 6) is 1.49. The lowest BCUT2D eigenvalue weighted by Gasteiger charge is -2.19. The van der Waals surface area contributed by atoms with Gasteiger partial charge in [-0.2, -0.15) is 0 Å². The van der Waals surface area contributed by atoms with Crippen LogP contribution in [0.3, 0.4) is 0 Å². The minimum absolute atomic E-state index is 0.594. The number of methoxy groups -OCH3 is 1. The maximum absolute atomic E-state index is 5.46. The van der Waals surface area contributed by atoms with Crippen LogP contribution in [0.5, 0.6) is 5.75 Å². The average molecular weight is 370 g/mol. The van der Waals surface area contributed by atoms with Gasteiger partial charge in [-0.05, 0) is 85.9 Å². The molecule has 4 nitrogen and oxygen atoms in total. The molecule has 0 saturated carbocycles. The first-order chi connectivity index (χ1) is 12.5. The Kier molecular flexibility index (Phi) is 5.99. The molecular weight excluding hydrogens is 342 g/mol. The largest absolute Gasteiger partial charge is 0.497 e. The molecule has 2 aromatic rings. The van der Waals surface area contributed by atoms with Gasteiger partial charge in [-0.25, -0.2) is 0 Å². The van der Waals surface area contributed by atoms with Gasteiger partial charge in [-0.3, -0.25) is 0 Å². The number of benzene rings is 2. The zero-order chi connectivity index (χ0) is 18.5. The molecule has 1 aliphatic rings. The second-order valence-electron chi connectivity index (χ2n) is 7.01. The predicted octanol–water partition coefficient (Wildman–Crippen LogP) is 4.12. The van der Waals surface area contributed by atoms with Gasteiger partial charge in [0.25, 0.3) is 0 Å². The summed E-state index contributed by atoms with van der Waals surface area (Å²) < 4.78 is 5.23. The fraction of sp³-hybridized carbons (Fsp3) is 0.381. The Morgan fingerprint density at radius 2 is 1.85 bits per heavy atom. The van der Waals surface area contributed by atoms with Gasteiger partial charge in [-0.1, -0.05) is 6.07 Å². The topological polar surface area (TPSA) is 36.5 Å². The Balaban J connectivity index is 1.47. The lowest BCUT2D eigenvalue weighted by atomic mass is 10.1. The van der Waals surface area contributed by atoms with E-state index in [2.05, 4.69) is 59.7 Å². The van der Waals surface area contributed by atoms with E-state index in [4.69, 9.17) is 17.0 Å². The summed E-state index contributed by atoms with van der Waals surface area (Å²) >= 11 is 5.46. The molecule has 5 heteroatoms. The summed E-state index contributed by atoms with van der Waals surface area (Å²) in [6, 6.07) is 14.7. The highest BCUT2D eigenvalue weighted by Gasteiger charge is 2.22. The molecule has 0 spiro atoms. The van der Waals surface area contributed by atoms with E-state index in [1.165, 1.54) is 23.2 Å². The van der Waals surface area contributed by atoms with E-state index in [0.29, 0.717) is 11.0 Å². The van der Waals surface area contributed by atoms with Gasteiger partial charge in [-0.15, -0.1) is 0 Å². The molecule has 1 fully saturated rings. The van der Waals surface area contributed by atoms with Crippen LogP contribution in [0.1, 0.15) is 17.5 Å². The van der Waals surface area contributed by atoms with Crippen molar-refractivity contribution in [1.29, 1.82) is 0 Å². The number of rotatable bonds is 5. The van der Waals surface area contributed by atoms with Crippen LogP contribution in [0.25, 0.3) is 0 Å². The smallest absolute Gasteiger partial charge is 0.170 e. The van der Waals surface area contributed by atoms with E-state index in [0.717, 1.165) is 31.1 Å². The third-order valence-corrected chi connectivity index (χ3v) is 5.00. The third kappa shape index (κ3) is 4.88. The van der Waals surface area contributed by atoms with E-state index in [-0.39, 0.29) is 0 Å². The van der Waals surface area contributed by atoms with Crippen molar-refractivity contribution in [1.82, 2.24) is 5.32 Å². The molecule has 138 valence electrons. The molecule has 0 bridgehead atoms. The standard InChI is InChI=1S/C21H27N3OS/c1-15-10-16(2)12-18(11-15)23-21(26)22-13-17-8-9-24(14-17)19-4-6-20(25-3)7-5-19/h4-7,10-12,17H,8-9,13-14H2,1-3H3,(H2,22,23,26)/t17-/m1/s1. The molecule has 1 atom stereocenters. The molecule has 0 radical (unpaired) electrons. The highest BCUT2D eigenvalue weighted by atomic mass is 32.1. The maximum Gasteiger partial charge on any atom is 0.170 e. The molecule has 0 aromatic heterocycles. The number of ether oxygens (including phenoxy) is 1. The Morgan fingerprint density at radius 3 is 2.50 bits per heavy atom. The zero-order valence-electron chi connectivity index (χ0n) is 15.7. The van der Waals surface area contributed by atoms with E-state index in [9.17, 15) is 0 Å². The molecule has 1 saturated heterocycles. The van der Waals surface area contributed by atoms with Gasteiger partial charge in [0.1, 0.15) is 5.75 Å². The van der Waals surface area contributed by atoms with Gasteiger partial charge in [0.05, 0.1) is 7.11 Å². The summed E-state index contributed by atoms with van der Waals surface area (Å²) in [4.78, 5) is 2.42. The van der Waals surface area contributed by atoms with Crippen LogP contribution in [-0.4, -0.2) is 31.9 Å². The molecular formula is C21H27N3OS. The Hall–Kier alpha value is -2.27.